The molecule has 5 rings (SSSR count). The van der Waals surface area contributed by atoms with Crippen molar-refractivity contribution in [2.45, 2.75) is 30.1 Å². The van der Waals surface area contributed by atoms with E-state index in [-0.39, 0.29) is 0 Å². The summed E-state index contributed by atoms with van der Waals surface area (Å²) in [5.74, 6) is 5.88. The van der Waals surface area contributed by atoms with Crippen LogP contribution >= 0.6 is 11.6 Å². The van der Waals surface area contributed by atoms with Gasteiger partial charge in [-0.15, -0.1) is 0 Å². The minimum absolute atomic E-state index is 0.313. The normalized spacial score (nSPS) is 29.4. The first-order valence-corrected chi connectivity index (χ1v) is 10.8. The number of nitrogens with zero attached hydrogens (tertiary/aromatic N) is 4. The lowest BCUT2D eigenvalue weighted by atomic mass is 10.1. The van der Waals surface area contributed by atoms with E-state index < -0.39 is 40.4 Å². The van der Waals surface area contributed by atoms with E-state index in [0.717, 1.165) is 5.56 Å². The van der Waals surface area contributed by atoms with Crippen molar-refractivity contribution in [1.29, 1.82) is 0 Å². The van der Waals surface area contributed by atoms with Crippen molar-refractivity contribution in [3.05, 3.63) is 53.2 Å². The van der Waals surface area contributed by atoms with Crippen molar-refractivity contribution in [3.8, 4) is 11.8 Å². The molecule has 160 valence electrons. The molecule has 0 bridgehead atoms. The first kappa shape index (κ1) is 20.3. The Hall–Kier alpha value is -2.63. The number of aliphatic hydroxyl groups excluding tert-OH is 1. The molecule has 0 spiro atoms. The lowest BCUT2D eigenvalue weighted by Gasteiger charge is -2.23. The number of hydrogen-bond donors (Lipinski definition) is 3. The van der Waals surface area contributed by atoms with Crippen LogP contribution in [0.2, 0.25) is 5.02 Å². The third-order valence-corrected chi connectivity index (χ3v) is 5.88. The molecule has 1 aliphatic heterocycles. The van der Waals surface area contributed by atoms with Crippen LogP contribution in [0, 0.1) is 11.8 Å². The topological polar surface area (TPSA) is 163 Å². The van der Waals surface area contributed by atoms with Crippen LogP contribution in [0.25, 0.3) is 11.2 Å². The van der Waals surface area contributed by atoms with E-state index in [0.29, 0.717) is 21.9 Å². The van der Waals surface area contributed by atoms with E-state index in [1.807, 2.05) is 0 Å². The fourth-order valence-electron chi connectivity index (χ4n) is 3.59. The summed E-state index contributed by atoms with van der Waals surface area (Å²) in [5, 5.41) is 26.6. The fourth-order valence-corrected chi connectivity index (χ4v) is 4.26. The van der Waals surface area contributed by atoms with Gasteiger partial charge in [0.2, 0.25) is 0 Å². The number of benzene rings is 1. The molecule has 3 aromatic rings. The first-order valence-electron chi connectivity index (χ1n) is 8.90. The quantitative estimate of drug-likeness (QED) is 0.433. The van der Waals surface area contributed by atoms with E-state index in [1.54, 1.807) is 24.3 Å². The van der Waals surface area contributed by atoms with Gasteiger partial charge in [-0.05, 0) is 30.2 Å². The van der Waals surface area contributed by atoms with Gasteiger partial charge in [0.25, 0.3) is 0 Å². The summed E-state index contributed by atoms with van der Waals surface area (Å²) in [5.41, 5.74) is -0.158. The Kier molecular flexibility index (Phi) is 4.54. The zero-order valence-electron chi connectivity index (χ0n) is 15.5. The molecule has 31 heavy (non-hydrogen) atoms. The van der Waals surface area contributed by atoms with E-state index in [1.165, 1.54) is 17.2 Å². The Bertz CT molecular complexity index is 1350. The molecule has 1 unspecified atom stereocenters. The van der Waals surface area contributed by atoms with E-state index in [2.05, 4.69) is 31.0 Å². The molecule has 2 aromatic heterocycles. The number of ether oxygens (including phenoxy) is 1. The van der Waals surface area contributed by atoms with Gasteiger partial charge in [0.05, 0.1) is 6.33 Å². The summed E-state index contributed by atoms with van der Waals surface area (Å²) in [7, 11) is -4.32. The highest BCUT2D eigenvalue weighted by atomic mass is 35.5. The van der Waals surface area contributed by atoms with Gasteiger partial charge in [-0.25, -0.2) is 24.3 Å². The SMILES string of the molecule is NS(=O)(=O)OC1[C@H]2O[C@@H](n3cnc4c(C#Cc5ccc(Cl)cc5)ncnc43)[C@H](O)[C@@]12O. The van der Waals surface area contributed by atoms with Crippen molar-refractivity contribution in [3.63, 3.8) is 0 Å². The molecule has 1 aliphatic carbocycles. The molecule has 5 atom stereocenters. The molecule has 11 nitrogen and oxygen atoms in total. The van der Waals surface area contributed by atoms with Crippen LogP contribution in [-0.4, -0.2) is 62.1 Å². The largest absolute Gasteiger partial charge is 0.385 e. The zero-order valence-corrected chi connectivity index (χ0v) is 17.0. The van der Waals surface area contributed by atoms with Gasteiger partial charge < -0.3 is 14.9 Å². The van der Waals surface area contributed by atoms with Crippen LogP contribution in [-0.2, 0) is 19.2 Å². The number of hydrogen-bond acceptors (Lipinski definition) is 9. The Morgan fingerprint density at radius 1 is 1.23 bits per heavy atom. The molecule has 1 saturated carbocycles. The smallest absolute Gasteiger partial charge is 0.333 e. The van der Waals surface area contributed by atoms with E-state index in [9.17, 15) is 18.6 Å². The molecule has 0 amide bonds. The second-order valence-electron chi connectivity index (χ2n) is 7.09. The Morgan fingerprint density at radius 3 is 2.61 bits per heavy atom. The molecule has 13 heteroatoms. The monoisotopic (exact) mass is 463 g/mol. The summed E-state index contributed by atoms with van der Waals surface area (Å²) in [4.78, 5) is 12.6. The number of imidazole rings is 1. The first-order chi connectivity index (χ1) is 14.7. The third kappa shape index (κ3) is 3.36. The Labute approximate surface area is 180 Å². The highest BCUT2D eigenvalue weighted by Gasteiger charge is 2.79. The Morgan fingerprint density at radius 2 is 1.97 bits per heavy atom. The lowest BCUT2D eigenvalue weighted by Crippen LogP contribution is -2.38. The summed E-state index contributed by atoms with van der Waals surface area (Å²) >= 11 is 5.87. The van der Waals surface area contributed by atoms with Crippen molar-refractivity contribution < 1.29 is 27.6 Å². The highest BCUT2D eigenvalue weighted by Crippen LogP contribution is 2.55. The minimum atomic E-state index is -4.32. The van der Waals surface area contributed by atoms with Crippen LogP contribution in [0.4, 0.5) is 0 Å². The maximum atomic E-state index is 11.1. The van der Waals surface area contributed by atoms with E-state index >= 15 is 0 Å². The average Bonchev–Trinajstić information content (AvgIpc) is 3.02. The van der Waals surface area contributed by atoms with Crippen molar-refractivity contribution in [1.82, 2.24) is 19.5 Å². The molecular formula is C18H14ClN5O6S. The maximum Gasteiger partial charge on any atom is 0.333 e. The molecule has 3 heterocycles. The number of nitrogens with two attached hydrogens (primary N) is 1. The average molecular weight is 464 g/mol. The molecule has 1 aromatic carbocycles. The van der Waals surface area contributed by atoms with Gasteiger partial charge in [0.15, 0.2) is 17.5 Å². The van der Waals surface area contributed by atoms with Gasteiger partial charge in [0, 0.05) is 10.6 Å². The molecule has 2 aliphatic rings. The van der Waals surface area contributed by atoms with Crippen LogP contribution in [0.15, 0.2) is 36.9 Å². The molecular weight excluding hydrogens is 450 g/mol. The predicted octanol–water partition coefficient (Wildman–Crippen LogP) is -0.529. The standard InChI is InChI=1S/C18H14ClN5O6S/c19-10-4-1-9(2-5-10)3-6-11-12-16(22-7-21-11)24(8-23-12)17-13(25)18(26)14(29-17)15(18)30-31(20,27)28/h1-2,4-5,7-8,13-15,17,25-26H,(H2,20,27,28)/t13-,14+,15?,17+,18-/m0/s1. The number of fused-ring (bicyclic) bond motifs is 2. The van der Waals surface area contributed by atoms with Crippen molar-refractivity contribution >= 4 is 33.1 Å². The second kappa shape index (κ2) is 6.94. The zero-order chi connectivity index (χ0) is 22.0. The van der Waals surface area contributed by atoms with Gasteiger partial charge in [-0.2, -0.15) is 8.42 Å². The Balaban J connectivity index is 1.43. The highest BCUT2D eigenvalue weighted by molar-refractivity contribution is 7.84. The fraction of sp³-hybridized carbons (Fsp3) is 0.278. The predicted molar refractivity (Wildman–Crippen MR) is 106 cm³/mol. The third-order valence-electron chi connectivity index (χ3n) is 5.15. The van der Waals surface area contributed by atoms with Crippen molar-refractivity contribution in [2.24, 2.45) is 5.14 Å². The molecule has 1 saturated heterocycles. The number of halogens is 1. The summed E-state index contributed by atoms with van der Waals surface area (Å²) < 4.78 is 33.8. The van der Waals surface area contributed by atoms with Crippen molar-refractivity contribution in [2.75, 3.05) is 0 Å². The summed E-state index contributed by atoms with van der Waals surface area (Å²) in [6, 6.07) is 6.97. The molecule has 2 fully saturated rings. The van der Waals surface area contributed by atoms with Crippen LogP contribution in [0.5, 0.6) is 0 Å². The minimum Gasteiger partial charge on any atom is -0.385 e. The van der Waals surface area contributed by atoms with Gasteiger partial charge in [0.1, 0.15) is 35.8 Å². The number of aromatic nitrogens is 4. The number of rotatable bonds is 3. The summed E-state index contributed by atoms with van der Waals surface area (Å²) in [6.07, 6.45) is -2.30. The summed E-state index contributed by atoms with van der Waals surface area (Å²) in [6.45, 7) is 0. The molecule has 0 radical (unpaired) electrons. The maximum absolute atomic E-state index is 11.1. The molecule has 4 N–H and O–H groups in total. The van der Waals surface area contributed by atoms with E-state index in [4.69, 9.17) is 21.5 Å². The van der Waals surface area contributed by atoms with Crippen LogP contribution < -0.4 is 5.14 Å². The van der Waals surface area contributed by atoms with Gasteiger partial charge >= 0.3 is 10.3 Å². The lowest BCUT2D eigenvalue weighted by molar-refractivity contribution is -0.0888. The number of aliphatic hydroxyl groups is 2. The van der Waals surface area contributed by atoms with Gasteiger partial charge in [-0.3, -0.25) is 4.57 Å². The van der Waals surface area contributed by atoms with Crippen LogP contribution in [0.1, 0.15) is 17.5 Å². The van der Waals surface area contributed by atoms with Gasteiger partial charge in [-0.1, -0.05) is 17.5 Å². The second-order valence-corrected chi connectivity index (χ2v) is 8.71. The van der Waals surface area contributed by atoms with Crippen LogP contribution in [0.3, 0.4) is 0 Å².